The van der Waals surface area contributed by atoms with Crippen LogP contribution in [0.3, 0.4) is 0 Å². The average molecular weight is 981 g/mol. The van der Waals surface area contributed by atoms with Crippen LogP contribution in [-0.4, -0.2) is 9.55 Å². The molecule has 0 bridgehead atoms. The first-order valence-electron chi connectivity index (χ1n) is 20.1. The summed E-state index contributed by atoms with van der Waals surface area (Å²) in [5.74, 6) is 1.94. The van der Waals surface area contributed by atoms with Gasteiger partial charge in [0.25, 0.3) is 0 Å². The van der Waals surface area contributed by atoms with Crippen LogP contribution >= 0.6 is 0 Å². The Bertz CT molecular complexity index is 3150. The van der Waals surface area contributed by atoms with Gasteiger partial charge in [0.05, 0.1) is 23.3 Å². The zero-order valence-electron chi connectivity index (χ0n) is 34.1. The molecule has 62 heavy (non-hydrogen) atoms. The molecule has 0 saturated heterocycles. The molecule has 3 heterocycles. The third kappa shape index (κ3) is 7.17. The summed E-state index contributed by atoms with van der Waals surface area (Å²) in [5.41, 5.74) is 11.9. The number of para-hydroxylation sites is 4. The number of nitrogens with zero attached hydrogens (tertiary/aromatic N) is 6. The number of aromatic nitrogens is 2. The number of anilines is 4. The Labute approximate surface area is 375 Å². The van der Waals surface area contributed by atoms with Gasteiger partial charge < -0.3 is 19.1 Å². The van der Waals surface area contributed by atoms with Crippen LogP contribution in [0.25, 0.3) is 49.9 Å². The molecule has 0 N–H and O–H groups in total. The van der Waals surface area contributed by atoms with E-state index >= 15 is 0 Å². The summed E-state index contributed by atoms with van der Waals surface area (Å²) in [4.78, 5) is 9.16. The normalized spacial score (nSPS) is 12.1. The van der Waals surface area contributed by atoms with Crippen LogP contribution in [0, 0.1) is 41.5 Å². The van der Waals surface area contributed by atoms with Crippen molar-refractivity contribution >= 4 is 44.6 Å². The zero-order valence-corrected chi connectivity index (χ0v) is 36.3. The number of hydrogen-bond donors (Lipinski definition) is 0. The van der Waals surface area contributed by atoms with Gasteiger partial charge in [0.1, 0.15) is 5.82 Å². The van der Waals surface area contributed by atoms with E-state index in [2.05, 4.69) is 133 Å². The van der Waals surface area contributed by atoms with Crippen molar-refractivity contribution in [1.29, 1.82) is 10.5 Å². The first-order chi connectivity index (χ1) is 29.8. The van der Waals surface area contributed by atoms with Gasteiger partial charge in [-0.15, -0.1) is 48.1 Å². The second-order valence-electron chi connectivity index (χ2n) is 16.0. The fourth-order valence-electron chi connectivity index (χ4n) is 8.13. The smallest absolute Gasteiger partial charge is 0.135 e. The molecule has 0 atom stereocenters. The number of pyridine rings is 1. The van der Waals surface area contributed by atoms with Gasteiger partial charge >= 0.3 is 0 Å². The molecule has 0 fully saturated rings. The van der Waals surface area contributed by atoms with Gasteiger partial charge in [0, 0.05) is 72.5 Å². The van der Waals surface area contributed by atoms with Gasteiger partial charge in [-0.3, -0.25) is 0 Å². The van der Waals surface area contributed by atoms with Gasteiger partial charge in [0.2, 0.25) is 0 Å². The summed E-state index contributed by atoms with van der Waals surface area (Å²) in [5, 5.41) is 21.3. The van der Waals surface area contributed by atoms with Crippen molar-refractivity contribution in [3.63, 3.8) is 0 Å². The number of hydrogen-bond acceptors (Lipinski definition) is 6. The first kappa shape index (κ1) is 40.0. The van der Waals surface area contributed by atoms with E-state index in [-0.39, 0.29) is 26.5 Å². The molecule has 0 saturated carbocycles. The molecule has 302 valence electrons. The molecular formula is C54H37N6OPt-3. The number of rotatable bonds is 7. The molecule has 9 aromatic rings. The Kier molecular flexibility index (Phi) is 10.5. The molecule has 8 heteroatoms. The number of benzene rings is 7. The summed E-state index contributed by atoms with van der Waals surface area (Å²) in [6.45, 7) is 8.72. The van der Waals surface area contributed by atoms with Crippen molar-refractivity contribution in [2.45, 2.75) is 26.2 Å². The molecular weight excluding hydrogens is 944 g/mol. The van der Waals surface area contributed by atoms with Crippen LogP contribution in [0.4, 0.5) is 22.7 Å². The summed E-state index contributed by atoms with van der Waals surface area (Å²) >= 11 is 0. The van der Waals surface area contributed by atoms with Crippen molar-refractivity contribution in [3.8, 4) is 51.7 Å². The molecule has 7 nitrogen and oxygen atoms in total. The average Bonchev–Trinajstić information content (AvgIpc) is 3.85. The van der Waals surface area contributed by atoms with Gasteiger partial charge in [-0.25, -0.2) is 4.98 Å². The SMILES string of the molecule is CC(C)(C)c1ccnc(-n2c3[c-]c(Oc4[c-]c(N5[CH-]N(c6c(-c7ccc(C#N)cc7)cccc6-c6ccc(C#N)cc6)c6ccccc65)ccc4)ccc3c3ccccc32)c1.[Pt]. The van der Waals surface area contributed by atoms with E-state index < -0.39 is 0 Å². The Morgan fingerprint density at radius 1 is 0.613 bits per heavy atom. The molecule has 10 rings (SSSR count). The Morgan fingerprint density at radius 3 is 1.89 bits per heavy atom. The van der Waals surface area contributed by atoms with E-state index in [1.807, 2.05) is 97.2 Å². The van der Waals surface area contributed by atoms with E-state index in [0.29, 0.717) is 22.6 Å². The minimum absolute atomic E-state index is 0. The Morgan fingerprint density at radius 2 is 1.23 bits per heavy atom. The molecule has 0 radical (unpaired) electrons. The largest absolute Gasteiger partial charge is 0.509 e. The van der Waals surface area contributed by atoms with Crippen molar-refractivity contribution in [2.75, 3.05) is 9.80 Å². The maximum absolute atomic E-state index is 9.56. The van der Waals surface area contributed by atoms with Crippen LogP contribution < -0.4 is 14.5 Å². The summed E-state index contributed by atoms with van der Waals surface area (Å²) < 4.78 is 8.76. The zero-order chi connectivity index (χ0) is 41.7. The van der Waals surface area contributed by atoms with Gasteiger partial charge in [-0.05, 0) is 82.1 Å². The van der Waals surface area contributed by atoms with E-state index in [9.17, 15) is 10.5 Å². The topological polar surface area (TPSA) is 81.1 Å². The summed E-state index contributed by atoms with van der Waals surface area (Å²) in [6.07, 6.45) is 1.88. The first-order valence-corrected chi connectivity index (χ1v) is 20.1. The van der Waals surface area contributed by atoms with Crippen molar-refractivity contribution in [2.24, 2.45) is 0 Å². The molecule has 0 unspecified atom stereocenters. The van der Waals surface area contributed by atoms with Crippen LogP contribution in [-0.2, 0) is 26.5 Å². The maximum Gasteiger partial charge on any atom is 0.135 e. The van der Waals surface area contributed by atoms with Crippen LogP contribution in [0.2, 0.25) is 0 Å². The molecule has 1 aliphatic rings. The monoisotopic (exact) mass is 980 g/mol. The van der Waals surface area contributed by atoms with Crippen molar-refractivity contribution < 1.29 is 25.8 Å². The predicted molar refractivity (Wildman–Crippen MR) is 243 cm³/mol. The fourth-order valence-corrected chi connectivity index (χ4v) is 8.13. The second kappa shape index (κ2) is 16.2. The standard InChI is InChI=1S/C54H37N6O.Pt/c1-54(2,3)40-28-29-57-52(30-40)60-48-15-5-4-12-46(48)47-27-26-43(32-51(47)60)61-42-11-8-10-41(31-42)58-35-59(50-17-7-6-16-49(50)58)53-44(38-22-18-36(33-55)19-23-38)13-9-14-45(53)39-24-20-37(34-56)21-25-39;/h4-30,35H,1-3H3;/q-3;. The van der Waals surface area contributed by atoms with E-state index in [1.165, 1.54) is 5.56 Å². The van der Waals surface area contributed by atoms with Crippen LogP contribution in [0.5, 0.6) is 11.5 Å². The minimum atomic E-state index is -0.0404. The summed E-state index contributed by atoms with van der Waals surface area (Å²) in [6, 6.07) is 64.1. The van der Waals surface area contributed by atoms with Crippen LogP contribution in [0.15, 0.2) is 164 Å². The fraction of sp³-hybridized carbons (Fsp3) is 0.0741. The third-order valence-electron chi connectivity index (χ3n) is 11.2. The van der Waals surface area contributed by atoms with E-state index in [1.54, 1.807) is 0 Å². The number of fused-ring (bicyclic) bond motifs is 4. The summed E-state index contributed by atoms with van der Waals surface area (Å²) in [7, 11) is 0. The second-order valence-corrected chi connectivity index (χ2v) is 16.0. The maximum atomic E-state index is 9.56. The van der Waals surface area contributed by atoms with Gasteiger partial charge in [0.15, 0.2) is 0 Å². The Hall–Kier alpha value is -7.44. The van der Waals surface area contributed by atoms with Gasteiger partial charge in [-0.2, -0.15) is 22.7 Å². The Balaban J connectivity index is 0.00000490. The minimum Gasteiger partial charge on any atom is -0.509 e. The van der Waals surface area contributed by atoms with E-state index in [0.717, 1.165) is 72.6 Å². The predicted octanol–water partition coefficient (Wildman–Crippen LogP) is 13.4. The molecule has 7 aromatic carbocycles. The van der Waals surface area contributed by atoms with Gasteiger partial charge in [-0.1, -0.05) is 99.1 Å². The molecule has 0 aliphatic carbocycles. The quantitative estimate of drug-likeness (QED) is 0.148. The van der Waals surface area contributed by atoms with Crippen molar-refractivity contribution in [3.05, 3.63) is 199 Å². The number of nitriles is 2. The van der Waals surface area contributed by atoms with E-state index in [4.69, 9.17) is 9.72 Å². The molecule has 1 aliphatic heterocycles. The van der Waals surface area contributed by atoms with Crippen molar-refractivity contribution in [1.82, 2.24) is 9.55 Å². The molecule has 0 spiro atoms. The molecule has 0 amide bonds. The number of ether oxygens (including phenoxy) is 1. The third-order valence-corrected chi connectivity index (χ3v) is 11.2. The van der Waals surface area contributed by atoms with Crippen LogP contribution in [0.1, 0.15) is 37.5 Å². The molecule has 2 aromatic heterocycles.